The van der Waals surface area contributed by atoms with Gasteiger partial charge in [0.15, 0.2) is 0 Å². The van der Waals surface area contributed by atoms with Gasteiger partial charge in [0.2, 0.25) is 15.9 Å². The molecule has 0 radical (unpaired) electrons. The SMILES string of the molecule is O=C(CCNS(=O)(=O)c1ccccc1)NCCCOc1ccccc1. The molecule has 0 unspecified atom stereocenters. The van der Waals surface area contributed by atoms with Crippen LogP contribution in [0.5, 0.6) is 5.75 Å². The molecule has 0 aliphatic heterocycles. The average Bonchev–Trinajstić information content (AvgIpc) is 2.63. The van der Waals surface area contributed by atoms with Gasteiger partial charge in [-0.25, -0.2) is 13.1 Å². The quantitative estimate of drug-likeness (QED) is 0.633. The number of para-hydroxylation sites is 1. The second kappa shape index (κ2) is 9.80. The molecule has 2 N–H and O–H groups in total. The second-order valence-corrected chi connectivity index (χ2v) is 7.09. The maximum atomic E-state index is 12.0. The number of hydrogen-bond acceptors (Lipinski definition) is 4. The average molecular weight is 362 g/mol. The molecule has 0 saturated heterocycles. The molecule has 6 nitrogen and oxygen atoms in total. The third kappa shape index (κ3) is 6.94. The predicted molar refractivity (Wildman–Crippen MR) is 95.8 cm³/mol. The number of carbonyl (C=O) groups is 1. The molecule has 0 atom stereocenters. The monoisotopic (exact) mass is 362 g/mol. The number of hydrogen-bond donors (Lipinski definition) is 2. The number of amides is 1. The zero-order chi connectivity index (χ0) is 18.0. The van der Waals surface area contributed by atoms with Crippen molar-refractivity contribution in [1.29, 1.82) is 0 Å². The van der Waals surface area contributed by atoms with Crippen molar-refractivity contribution in [3.8, 4) is 5.75 Å². The molecule has 2 aromatic carbocycles. The molecule has 0 saturated carbocycles. The van der Waals surface area contributed by atoms with Crippen LogP contribution in [0.15, 0.2) is 65.6 Å². The highest BCUT2D eigenvalue weighted by Gasteiger charge is 2.13. The molecule has 7 heteroatoms. The van der Waals surface area contributed by atoms with Crippen molar-refractivity contribution >= 4 is 15.9 Å². The van der Waals surface area contributed by atoms with Crippen LogP contribution in [0.4, 0.5) is 0 Å². The Morgan fingerprint density at radius 1 is 0.920 bits per heavy atom. The summed E-state index contributed by atoms with van der Waals surface area (Å²) < 4.78 is 31.9. The lowest BCUT2D eigenvalue weighted by Gasteiger charge is -2.08. The molecule has 1 amide bonds. The van der Waals surface area contributed by atoms with Crippen LogP contribution < -0.4 is 14.8 Å². The first-order valence-electron chi connectivity index (χ1n) is 8.07. The Balaban J connectivity index is 1.58. The van der Waals surface area contributed by atoms with Crippen LogP contribution in [0, 0.1) is 0 Å². The summed E-state index contributed by atoms with van der Waals surface area (Å²) in [6.07, 6.45) is 0.766. The number of sulfonamides is 1. The fourth-order valence-corrected chi connectivity index (χ4v) is 3.13. The van der Waals surface area contributed by atoms with Crippen molar-refractivity contribution in [2.45, 2.75) is 17.7 Å². The van der Waals surface area contributed by atoms with Gasteiger partial charge in [0.05, 0.1) is 11.5 Å². The van der Waals surface area contributed by atoms with Crippen LogP contribution >= 0.6 is 0 Å². The summed E-state index contributed by atoms with van der Waals surface area (Å²) in [6.45, 7) is 1.05. The Labute approximate surface area is 148 Å². The predicted octanol–water partition coefficient (Wildman–Crippen LogP) is 1.94. The van der Waals surface area contributed by atoms with Crippen LogP contribution in [0.1, 0.15) is 12.8 Å². The molecule has 0 fully saturated rings. The Morgan fingerprint density at radius 3 is 2.24 bits per heavy atom. The van der Waals surface area contributed by atoms with Crippen LogP contribution in [0.2, 0.25) is 0 Å². The minimum atomic E-state index is -3.57. The lowest BCUT2D eigenvalue weighted by molar-refractivity contribution is -0.120. The number of nitrogens with one attached hydrogen (secondary N) is 2. The molecule has 2 rings (SSSR count). The first kappa shape index (κ1) is 19.0. The summed E-state index contributed by atoms with van der Waals surface area (Å²) >= 11 is 0. The van der Waals surface area contributed by atoms with Crippen molar-refractivity contribution in [2.75, 3.05) is 19.7 Å². The topological polar surface area (TPSA) is 84.5 Å². The van der Waals surface area contributed by atoms with Gasteiger partial charge in [-0.1, -0.05) is 36.4 Å². The minimum absolute atomic E-state index is 0.0591. The highest BCUT2D eigenvalue weighted by molar-refractivity contribution is 7.89. The van der Waals surface area contributed by atoms with Gasteiger partial charge < -0.3 is 10.1 Å². The molecule has 0 aliphatic rings. The van der Waals surface area contributed by atoms with E-state index in [1.807, 2.05) is 30.3 Å². The molecule has 2 aromatic rings. The van der Waals surface area contributed by atoms with Gasteiger partial charge in [-0.15, -0.1) is 0 Å². The van der Waals surface area contributed by atoms with E-state index in [2.05, 4.69) is 10.0 Å². The van der Waals surface area contributed by atoms with Gasteiger partial charge in [0, 0.05) is 19.5 Å². The Kier molecular flexibility index (Phi) is 7.43. The zero-order valence-corrected chi connectivity index (χ0v) is 14.7. The van der Waals surface area contributed by atoms with Crippen LogP contribution in [0.3, 0.4) is 0 Å². The smallest absolute Gasteiger partial charge is 0.240 e. The summed E-state index contributed by atoms with van der Waals surface area (Å²) in [5.74, 6) is 0.597. The third-order valence-electron chi connectivity index (χ3n) is 3.35. The third-order valence-corrected chi connectivity index (χ3v) is 4.83. The number of rotatable bonds is 10. The van der Waals surface area contributed by atoms with E-state index in [1.54, 1.807) is 18.2 Å². The van der Waals surface area contributed by atoms with E-state index < -0.39 is 10.0 Å². The largest absolute Gasteiger partial charge is 0.494 e. The molecule has 0 aromatic heterocycles. The lowest BCUT2D eigenvalue weighted by Crippen LogP contribution is -2.31. The van der Waals surface area contributed by atoms with Crippen molar-refractivity contribution in [3.05, 3.63) is 60.7 Å². The summed E-state index contributed by atoms with van der Waals surface area (Å²) in [7, 11) is -3.57. The molecule has 0 spiro atoms. The van der Waals surface area contributed by atoms with E-state index in [9.17, 15) is 13.2 Å². The fourth-order valence-electron chi connectivity index (χ4n) is 2.08. The van der Waals surface area contributed by atoms with Crippen molar-refractivity contribution in [1.82, 2.24) is 10.0 Å². The Morgan fingerprint density at radius 2 is 1.56 bits per heavy atom. The maximum Gasteiger partial charge on any atom is 0.240 e. The van der Waals surface area contributed by atoms with Gasteiger partial charge in [0.1, 0.15) is 5.75 Å². The van der Waals surface area contributed by atoms with E-state index in [0.29, 0.717) is 19.6 Å². The highest BCUT2D eigenvalue weighted by Crippen LogP contribution is 2.08. The number of ether oxygens (including phenoxy) is 1. The number of benzene rings is 2. The van der Waals surface area contributed by atoms with E-state index >= 15 is 0 Å². The van der Waals surface area contributed by atoms with Crippen LogP contribution in [-0.4, -0.2) is 34.0 Å². The van der Waals surface area contributed by atoms with Gasteiger partial charge in [-0.2, -0.15) is 0 Å². The molecular formula is C18H22N2O4S. The molecule has 0 aliphatic carbocycles. The van der Waals surface area contributed by atoms with E-state index in [1.165, 1.54) is 12.1 Å². The summed E-state index contributed by atoms with van der Waals surface area (Å²) in [4.78, 5) is 11.9. The molecule has 0 bridgehead atoms. The normalized spacial score (nSPS) is 11.0. The lowest BCUT2D eigenvalue weighted by atomic mass is 10.3. The van der Waals surface area contributed by atoms with E-state index in [0.717, 1.165) is 5.75 Å². The zero-order valence-electron chi connectivity index (χ0n) is 13.9. The highest BCUT2D eigenvalue weighted by atomic mass is 32.2. The molecule has 0 heterocycles. The van der Waals surface area contributed by atoms with Crippen LogP contribution in [0.25, 0.3) is 0 Å². The fraction of sp³-hybridized carbons (Fsp3) is 0.278. The summed E-state index contributed by atoms with van der Waals surface area (Å²) in [5, 5.41) is 2.74. The maximum absolute atomic E-state index is 12.0. The second-order valence-electron chi connectivity index (χ2n) is 5.33. The standard InChI is InChI=1S/C18H22N2O4S/c21-18(19-13-7-15-24-16-8-3-1-4-9-16)12-14-20-25(22,23)17-10-5-2-6-11-17/h1-6,8-11,20H,7,12-15H2,(H,19,21). The van der Waals surface area contributed by atoms with Crippen molar-refractivity contribution in [3.63, 3.8) is 0 Å². The Hall–Kier alpha value is -2.38. The van der Waals surface area contributed by atoms with Crippen LogP contribution in [-0.2, 0) is 14.8 Å². The first-order valence-corrected chi connectivity index (χ1v) is 9.55. The van der Waals surface area contributed by atoms with Crippen molar-refractivity contribution in [2.24, 2.45) is 0 Å². The summed E-state index contributed by atoms with van der Waals surface area (Å²) in [5.41, 5.74) is 0. The van der Waals surface area contributed by atoms with Gasteiger partial charge in [-0.3, -0.25) is 4.79 Å². The summed E-state index contributed by atoms with van der Waals surface area (Å²) in [6, 6.07) is 17.5. The van der Waals surface area contributed by atoms with E-state index in [4.69, 9.17) is 4.74 Å². The first-order chi connectivity index (χ1) is 12.1. The minimum Gasteiger partial charge on any atom is -0.494 e. The van der Waals surface area contributed by atoms with E-state index in [-0.39, 0.29) is 23.8 Å². The number of carbonyl (C=O) groups excluding carboxylic acids is 1. The molecular weight excluding hydrogens is 340 g/mol. The van der Waals surface area contributed by atoms with Gasteiger partial charge in [-0.05, 0) is 30.7 Å². The molecule has 134 valence electrons. The Bertz CT molecular complexity index is 749. The van der Waals surface area contributed by atoms with Gasteiger partial charge in [0.25, 0.3) is 0 Å². The molecule has 25 heavy (non-hydrogen) atoms. The van der Waals surface area contributed by atoms with Crippen molar-refractivity contribution < 1.29 is 17.9 Å². The van der Waals surface area contributed by atoms with Gasteiger partial charge >= 0.3 is 0 Å².